The molecule has 3 heterocycles. The van der Waals surface area contributed by atoms with Gasteiger partial charge in [-0.25, -0.2) is 4.39 Å². The Balaban J connectivity index is 1.23. The van der Waals surface area contributed by atoms with Gasteiger partial charge in [0, 0.05) is 23.6 Å². The van der Waals surface area contributed by atoms with Crippen LogP contribution in [0.4, 0.5) is 4.39 Å². The van der Waals surface area contributed by atoms with Crippen LogP contribution in [0, 0.1) is 5.82 Å². The second kappa shape index (κ2) is 7.71. The Morgan fingerprint density at radius 1 is 1.16 bits per heavy atom. The number of fused-ring (bicyclic) bond motifs is 1. The fourth-order valence-corrected chi connectivity index (χ4v) is 3.56. The van der Waals surface area contributed by atoms with Gasteiger partial charge in [-0.05, 0) is 48.9 Å². The molecule has 1 aliphatic rings. The zero-order valence-corrected chi connectivity index (χ0v) is 16.7. The van der Waals surface area contributed by atoms with Crippen molar-refractivity contribution in [1.82, 2.24) is 20.7 Å². The number of aromatic amines is 1. The summed E-state index contributed by atoms with van der Waals surface area (Å²) < 4.78 is 24.3. The number of hydrogen-bond donors (Lipinski definition) is 2. The zero-order valence-electron chi connectivity index (χ0n) is 16.7. The molecular formula is C23H19FN4O3. The van der Waals surface area contributed by atoms with Gasteiger partial charge in [0.1, 0.15) is 29.1 Å². The fourth-order valence-electron chi connectivity index (χ4n) is 3.56. The predicted molar refractivity (Wildman–Crippen MR) is 111 cm³/mol. The Bertz CT molecular complexity index is 1250. The molecule has 8 heteroatoms. The number of rotatable bonds is 5. The summed E-state index contributed by atoms with van der Waals surface area (Å²) in [6.07, 6.45) is 1.08. The van der Waals surface area contributed by atoms with Gasteiger partial charge in [0.2, 0.25) is 0 Å². The van der Waals surface area contributed by atoms with Crippen LogP contribution in [0.1, 0.15) is 28.7 Å². The Morgan fingerprint density at radius 3 is 2.81 bits per heavy atom. The smallest absolute Gasteiger partial charge is 0.269 e. The summed E-state index contributed by atoms with van der Waals surface area (Å²) in [6.45, 7) is 2.24. The monoisotopic (exact) mass is 418 g/mol. The zero-order chi connectivity index (χ0) is 21.4. The van der Waals surface area contributed by atoms with Crippen molar-refractivity contribution < 1.29 is 18.4 Å². The van der Waals surface area contributed by atoms with Crippen LogP contribution in [0.3, 0.4) is 0 Å². The number of ether oxygens (including phenoxy) is 1. The van der Waals surface area contributed by atoms with Gasteiger partial charge in [-0.15, -0.1) is 0 Å². The number of aromatic nitrogens is 3. The molecule has 0 fully saturated rings. The van der Waals surface area contributed by atoms with Crippen LogP contribution in [-0.4, -0.2) is 27.4 Å². The number of nitrogens with one attached hydrogen (secondary N) is 2. The lowest BCUT2D eigenvalue weighted by atomic mass is 10.1. The highest BCUT2D eigenvalue weighted by atomic mass is 19.1. The Morgan fingerprint density at radius 2 is 1.97 bits per heavy atom. The molecule has 0 spiro atoms. The van der Waals surface area contributed by atoms with E-state index in [9.17, 15) is 9.18 Å². The van der Waals surface area contributed by atoms with Crippen molar-refractivity contribution in [3.8, 4) is 28.3 Å². The van der Waals surface area contributed by atoms with E-state index in [0.29, 0.717) is 28.4 Å². The first-order valence-corrected chi connectivity index (χ1v) is 9.90. The number of benzene rings is 2. The van der Waals surface area contributed by atoms with Gasteiger partial charge in [-0.2, -0.15) is 5.10 Å². The fraction of sp³-hybridized carbons (Fsp3) is 0.174. The van der Waals surface area contributed by atoms with E-state index in [1.807, 2.05) is 25.1 Å². The molecule has 0 saturated heterocycles. The first-order chi connectivity index (χ1) is 15.0. The molecule has 4 aromatic rings. The normalized spacial score (nSPS) is 14.8. The number of carbonyl (C=O) groups excluding carboxylic acids is 1. The maximum atomic E-state index is 13.1. The van der Waals surface area contributed by atoms with Crippen LogP contribution >= 0.6 is 0 Å². The van der Waals surface area contributed by atoms with E-state index < -0.39 is 0 Å². The van der Waals surface area contributed by atoms with Gasteiger partial charge in [-0.1, -0.05) is 17.3 Å². The Labute approximate surface area is 177 Å². The molecule has 1 atom stereocenters. The maximum Gasteiger partial charge on any atom is 0.269 e. The number of carbonyl (C=O) groups is 1. The minimum Gasteiger partial charge on any atom is -0.490 e. The van der Waals surface area contributed by atoms with Crippen molar-refractivity contribution in [2.24, 2.45) is 0 Å². The summed E-state index contributed by atoms with van der Waals surface area (Å²) in [5, 5.41) is 13.6. The predicted octanol–water partition coefficient (Wildman–Crippen LogP) is 4.12. The highest BCUT2D eigenvalue weighted by Gasteiger charge is 2.20. The van der Waals surface area contributed by atoms with Crippen LogP contribution in [-0.2, 0) is 13.0 Å². The first-order valence-electron chi connectivity index (χ1n) is 9.90. The molecule has 2 N–H and O–H groups in total. The third-order valence-corrected chi connectivity index (χ3v) is 5.14. The number of nitrogens with zero attached hydrogens (tertiary/aromatic N) is 2. The van der Waals surface area contributed by atoms with Crippen LogP contribution < -0.4 is 10.1 Å². The number of amides is 1. The summed E-state index contributed by atoms with van der Waals surface area (Å²) in [6, 6.07) is 15.3. The minimum atomic E-state index is -0.328. The number of H-pyrrole nitrogens is 1. The molecule has 2 aromatic carbocycles. The third-order valence-electron chi connectivity index (χ3n) is 5.14. The van der Waals surface area contributed by atoms with Gasteiger partial charge in [-0.3, -0.25) is 9.89 Å². The summed E-state index contributed by atoms with van der Waals surface area (Å²) >= 11 is 0. The summed E-state index contributed by atoms with van der Waals surface area (Å²) in [4.78, 5) is 12.4. The van der Waals surface area contributed by atoms with Gasteiger partial charge in [0.25, 0.3) is 5.91 Å². The molecule has 1 amide bonds. The SMILES string of the molecule is CC1Cc2ccc(-c3cc(CNC(=O)c4cc(-c5ccc(F)cc5)n[nH]4)no3)cc2O1. The summed E-state index contributed by atoms with van der Waals surface area (Å²) in [7, 11) is 0. The lowest BCUT2D eigenvalue weighted by Gasteiger charge is -2.03. The van der Waals surface area contributed by atoms with Crippen molar-refractivity contribution in [2.75, 3.05) is 0 Å². The molecule has 0 saturated carbocycles. The van der Waals surface area contributed by atoms with Gasteiger partial charge < -0.3 is 14.6 Å². The quantitative estimate of drug-likeness (QED) is 0.509. The topological polar surface area (TPSA) is 93.0 Å². The highest BCUT2D eigenvalue weighted by molar-refractivity contribution is 5.93. The van der Waals surface area contributed by atoms with Crippen molar-refractivity contribution in [3.63, 3.8) is 0 Å². The Kier molecular flexibility index (Phi) is 4.74. The van der Waals surface area contributed by atoms with Crippen LogP contribution in [0.2, 0.25) is 0 Å². The van der Waals surface area contributed by atoms with Gasteiger partial charge in [0.15, 0.2) is 5.76 Å². The number of hydrogen-bond acceptors (Lipinski definition) is 5. The van der Waals surface area contributed by atoms with Gasteiger partial charge in [0.05, 0.1) is 12.2 Å². The molecule has 7 nitrogen and oxygen atoms in total. The van der Waals surface area contributed by atoms with Crippen LogP contribution in [0.25, 0.3) is 22.6 Å². The standard InChI is InChI=1S/C23H19FN4O3/c1-13-8-15-2-3-16(9-21(15)30-13)22-10-18(28-31-22)12-25-23(29)20-11-19(26-27-20)14-4-6-17(24)7-5-14/h2-7,9-11,13H,8,12H2,1H3,(H,25,29)(H,26,27). The molecule has 31 heavy (non-hydrogen) atoms. The van der Waals surface area contributed by atoms with E-state index in [4.69, 9.17) is 9.26 Å². The van der Waals surface area contributed by atoms with Crippen molar-refractivity contribution in [2.45, 2.75) is 26.0 Å². The maximum absolute atomic E-state index is 13.1. The molecule has 1 unspecified atom stereocenters. The van der Waals surface area contributed by atoms with E-state index in [2.05, 4.69) is 20.7 Å². The minimum absolute atomic E-state index is 0.178. The number of halogens is 1. The highest BCUT2D eigenvalue weighted by Crippen LogP contribution is 2.33. The third kappa shape index (κ3) is 3.92. The molecule has 156 valence electrons. The first kappa shape index (κ1) is 19.0. The van der Waals surface area contributed by atoms with E-state index in [0.717, 1.165) is 17.7 Å². The van der Waals surface area contributed by atoms with Gasteiger partial charge >= 0.3 is 0 Å². The molecule has 1 aliphatic heterocycles. The van der Waals surface area contributed by atoms with Crippen molar-refractivity contribution in [1.29, 1.82) is 0 Å². The second-order valence-corrected chi connectivity index (χ2v) is 7.49. The average Bonchev–Trinajstić information content (AvgIpc) is 3.50. The average molecular weight is 418 g/mol. The second-order valence-electron chi connectivity index (χ2n) is 7.49. The summed E-state index contributed by atoms with van der Waals surface area (Å²) in [5.41, 5.74) is 4.22. The van der Waals surface area contributed by atoms with Crippen LogP contribution in [0.15, 0.2) is 59.1 Å². The van der Waals surface area contributed by atoms with Crippen LogP contribution in [0.5, 0.6) is 5.75 Å². The van der Waals surface area contributed by atoms with Crippen molar-refractivity contribution >= 4 is 5.91 Å². The Hall–Kier alpha value is -3.94. The van der Waals surface area contributed by atoms with E-state index in [1.165, 1.54) is 17.7 Å². The molecule has 0 bridgehead atoms. The molecule has 2 aromatic heterocycles. The molecular weight excluding hydrogens is 399 g/mol. The van der Waals surface area contributed by atoms with E-state index in [1.54, 1.807) is 24.3 Å². The summed E-state index contributed by atoms with van der Waals surface area (Å²) in [5.74, 6) is 0.819. The molecule has 5 rings (SSSR count). The molecule has 0 aliphatic carbocycles. The van der Waals surface area contributed by atoms with Crippen molar-refractivity contribution in [3.05, 3.63) is 77.4 Å². The lowest BCUT2D eigenvalue weighted by Crippen LogP contribution is -2.23. The molecule has 0 radical (unpaired) electrons. The van der Waals surface area contributed by atoms with E-state index in [-0.39, 0.29) is 24.4 Å². The lowest BCUT2D eigenvalue weighted by molar-refractivity contribution is 0.0945. The largest absolute Gasteiger partial charge is 0.490 e. The van der Waals surface area contributed by atoms with E-state index >= 15 is 0 Å².